The van der Waals surface area contributed by atoms with Crippen LogP contribution in [-0.4, -0.2) is 40.5 Å². The van der Waals surface area contributed by atoms with Gasteiger partial charge in [-0.15, -0.1) is 0 Å². The van der Waals surface area contributed by atoms with Crippen LogP contribution in [0.2, 0.25) is 0 Å². The number of nitrogens with zero attached hydrogens (tertiary/aromatic N) is 6. The average molecular weight is 280 g/mol. The standard InChI is InChI=1S/C10H12N6O4/c1-2-3-15-8(11-6-12-15)5-14-4-7(16(19)20)9(13-14)10(17)18/h4,6H,2-3,5H2,1H3,(H,17,18). The zero-order valence-electron chi connectivity index (χ0n) is 10.6. The molecule has 10 heteroatoms. The van der Waals surface area contributed by atoms with Crippen LogP contribution in [0.1, 0.15) is 29.7 Å². The van der Waals surface area contributed by atoms with Crippen molar-refractivity contribution in [1.29, 1.82) is 0 Å². The lowest BCUT2D eigenvalue weighted by Crippen LogP contribution is -2.11. The van der Waals surface area contributed by atoms with Crippen molar-refractivity contribution in [1.82, 2.24) is 24.5 Å². The van der Waals surface area contributed by atoms with Gasteiger partial charge in [-0.1, -0.05) is 6.92 Å². The molecule has 0 saturated heterocycles. The molecule has 0 aliphatic rings. The third-order valence-electron chi connectivity index (χ3n) is 2.58. The van der Waals surface area contributed by atoms with Crippen LogP contribution in [-0.2, 0) is 13.1 Å². The first-order valence-corrected chi connectivity index (χ1v) is 5.84. The molecular formula is C10H12N6O4. The fourth-order valence-corrected chi connectivity index (χ4v) is 1.73. The number of aromatic carboxylic acids is 1. The largest absolute Gasteiger partial charge is 0.476 e. The minimum atomic E-state index is -1.44. The van der Waals surface area contributed by atoms with Crippen LogP contribution in [0, 0.1) is 10.1 Å². The number of aryl methyl sites for hydroxylation is 1. The number of carbonyl (C=O) groups is 1. The maximum absolute atomic E-state index is 10.9. The molecule has 20 heavy (non-hydrogen) atoms. The van der Waals surface area contributed by atoms with Crippen molar-refractivity contribution in [3.8, 4) is 0 Å². The van der Waals surface area contributed by atoms with E-state index in [4.69, 9.17) is 5.11 Å². The van der Waals surface area contributed by atoms with Crippen LogP contribution in [0.5, 0.6) is 0 Å². The smallest absolute Gasteiger partial charge is 0.363 e. The maximum atomic E-state index is 10.9. The van der Waals surface area contributed by atoms with Gasteiger partial charge in [0.2, 0.25) is 5.69 Å². The number of hydrogen-bond acceptors (Lipinski definition) is 6. The Kier molecular flexibility index (Phi) is 3.73. The average Bonchev–Trinajstić information content (AvgIpc) is 2.98. The fourth-order valence-electron chi connectivity index (χ4n) is 1.73. The van der Waals surface area contributed by atoms with E-state index in [1.54, 1.807) is 4.68 Å². The van der Waals surface area contributed by atoms with Gasteiger partial charge in [0.25, 0.3) is 0 Å². The Hall–Kier alpha value is -2.78. The normalized spacial score (nSPS) is 10.7. The summed E-state index contributed by atoms with van der Waals surface area (Å²) in [5.74, 6) is -0.883. The Morgan fingerprint density at radius 3 is 2.85 bits per heavy atom. The van der Waals surface area contributed by atoms with Gasteiger partial charge in [0, 0.05) is 6.54 Å². The Bertz CT molecular complexity index is 614. The number of hydrogen-bond donors (Lipinski definition) is 1. The summed E-state index contributed by atoms with van der Waals surface area (Å²) in [6.45, 7) is 2.76. The highest BCUT2D eigenvalue weighted by molar-refractivity contribution is 5.89. The van der Waals surface area contributed by atoms with E-state index in [1.165, 1.54) is 11.0 Å². The summed E-state index contributed by atoms with van der Waals surface area (Å²) in [4.78, 5) is 24.9. The number of carboxylic acid groups (broad SMARTS) is 1. The molecule has 0 fully saturated rings. The van der Waals surface area contributed by atoms with E-state index in [-0.39, 0.29) is 6.54 Å². The van der Waals surface area contributed by atoms with E-state index < -0.39 is 22.3 Å². The fraction of sp³-hybridized carbons (Fsp3) is 0.400. The molecule has 0 aliphatic carbocycles. The van der Waals surface area contributed by atoms with Gasteiger partial charge in [0.1, 0.15) is 24.9 Å². The SMILES string of the molecule is CCCn1ncnc1Cn1cc([N+](=O)[O-])c(C(=O)O)n1. The Morgan fingerprint density at radius 2 is 2.30 bits per heavy atom. The van der Waals surface area contributed by atoms with Crippen molar-refractivity contribution in [2.45, 2.75) is 26.4 Å². The number of aromatic nitrogens is 5. The second-order valence-electron chi connectivity index (χ2n) is 4.02. The zero-order valence-corrected chi connectivity index (χ0v) is 10.6. The summed E-state index contributed by atoms with van der Waals surface area (Å²) in [6.07, 6.45) is 3.31. The van der Waals surface area contributed by atoms with Crippen molar-refractivity contribution in [2.24, 2.45) is 0 Å². The predicted molar refractivity (Wildman–Crippen MR) is 65.3 cm³/mol. The second-order valence-corrected chi connectivity index (χ2v) is 4.02. The first-order valence-electron chi connectivity index (χ1n) is 5.84. The third kappa shape index (κ3) is 2.63. The molecule has 10 nitrogen and oxygen atoms in total. The van der Waals surface area contributed by atoms with Crippen molar-refractivity contribution < 1.29 is 14.8 Å². The summed E-state index contributed by atoms with van der Waals surface area (Å²) >= 11 is 0. The third-order valence-corrected chi connectivity index (χ3v) is 2.58. The van der Waals surface area contributed by atoms with Crippen molar-refractivity contribution in [2.75, 3.05) is 0 Å². The van der Waals surface area contributed by atoms with Crippen LogP contribution in [0.25, 0.3) is 0 Å². The van der Waals surface area contributed by atoms with Crippen molar-refractivity contribution >= 4 is 11.7 Å². The van der Waals surface area contributed by atoms with E-state index in [1.807, 2.05) is 6.92 Å². The molecule has 2 rings (SSSR count). The predicted octanol–water partition coefficient (Wildman–Crippen LogP) is 0.539. The number of rotatable bonds is 6. The van der Waals surface area contributed by atoms with E-state index in [9.17, 15) is 14.9 Å². The molecule has 106 valence electrons. The maximum Gasteiger partial charge on any atom is 0.363 e. The zero-order chi connectivity index (χ0) is 14.7. The summed E-state index contributed by atoms with van der Waals surface area (Å²) in [5.41, 5.74) is -1.13. The van der Waals surface area contributed by atoms with Gasteiger partial charge in [-0.3, -0.25) is 14.8 Å². The monoisotopic (exact) mass is 280 g/mol. The summed E-state index contributed by atoms with van der Waals surface area (Å²) in [6, 6.07) is 0. The lowest BCUT2D eigenvalue weighted by Gasteiger charge is -2.03. The van der Waals surface area contributed by atoms with Gasteiger partial charge in [-0.05, 0) is 6.42 Å². The minimum Gasteiger partial charge on any atom is -0.476 e. The molecule has 2 aromatic rings. The molecule has 0 atom stereocenters. The minimum absolute atomic E-state index is 0.119. The summed E-state index contributed by atoms with van der Waals surface area (Å²) in [5, 5.41) is 27.4. The van der Waals surface area contributed by atoms with Gasteiger partial charge in [-0.2, -0.15) is 10.2 Å². The first kappa shape index (κ1) is 13.6. The molecule has 0 amide bonds. The highest BCUT2D eigenvalue weighted by Gasteiger charge is 2.25. The van der Waals surface area contributed by atoms with Crippen LogP contribution in [0.3, 0.4) is 0 Å². The molecule has 0 aliphatic heterocycles. The molecule has 2 heterocycles. The molecule has 2 aromatic heterocycles. The summed E-state index contributed by atoms with van der Waals surface area (Å²) < 4.78 is 2.83. The summed E-state index contributed by atoms with van der Waals surface area (Å²) in [7, 11) is 0. The molecular weight excluding hydrogens is 268 g/mol. The molecule has 0 radical (unpaired) electrons. The quantitative estimate of drug-likeness (QED) is 0.603. The number of nitro groups is 1. The van der Waals surface area contributed by atoms with Gasteiger partial charge >= 0.3 is 11.7 Å². The lowest BCUT2D eigenvalue weighted by atomic mass is 10.4. The molecule has 0 bridgehead atoms. The molecule has 1 N–H and O–H groups in total. The van der Waals surface area contributed by atoms with Gasteiger partial charge < -0.3 is 5.11 Å². The molecule has 0 aromatic carbocycles. The molecule has 0 unspecified atom stereocenters. The topological polar surface area (TPSA) is 129 Å². The Labute approximate surface area is 112 Å². The van der Waals surface area contributed by atoms with Crippen LogP contribution in [0.15, 0.2) is 12.5 Å². The van der Waals surface area contributed by atoms with Crippen LogP contribution >= 0.6 is 0 Å². The van der Waals surface area contributed by atoms with E-state index in [0.29, 0.717) is 12.4 Å². The van der Waals surface area contributed by atoms with Crippen LogP contribution < -0.4 is 0 Å². The van der Waals surface area contributed by atoms with E-state index >= 15 is 0 Å². The Balaban J connectivity index is 2.30. The molecule has 0 spiro atoms. The van der Waals surface area contributed by atoms with E-state index in [0.717, 1.165) is 12.6 Å². The van der Waals surface area contributed by atoms with Crippen LogP contribution in [0.4, 0.5) is 5.69 Å². The lowest BCUT2D eigenvalue weighted by molar-refractivity contribution is -0.385. The molecule has 0 saturated carbocycles. The first-order chi connectivity index (χ1) is 9.52. The van der Waals surface area contributed by atoms with E-state index in [2.05, 4.69) is 15.2 Å². The van der Waals surface area contributed by atoms with Crippen molar-refractivity contribution in [3.05, 3.63) is 34.2 Å². The Morgan fingerprint density at radius 1 is 1.55 bits per heavy atom. The van der Waals surface area contributed by atoms with Gasteiger partial charge in [0.15, 0.2) is 0 Å². The highest BCUT2D eigenvalue weighted by Crippen LogP contribution is 2.17. The highest BCUT2D eigenvalue weighted by atomic mass is 16.6. The van der Waals surface area contributed by atoms with Gasteiger partial charge in [-0.25, -0.2) is 14.5 Å². The number of carboxylic acids is 1. The van der Waals surface area contributed by atoms with Crippen molar-refractivity contribution in [3.63, 3.8) is 0 Å². The van der Waals surface area contributed by atoms with Gasteiger partial charge in [0.05, 0.1) is 4.92 Å². The second kappa shape index (κ2) is 5.47.